The molecule has 1 saturated heterocycles. The second-order valence-electron chi connectivity index (χ2n) is 6.35. The van der Waals surface area contributed by atoms with E-state index in [0.717, 1.165) is 0 Å². The van der Waals surface area contributed by atoms with Crippen LogP contribution in [0.5, 0.6) is 0 Å². The van der Waals surface area contributed by atoms with E-state index in [-0.39, 0.29) is 18.0 Å². The van der Waals surface area contributed by atoms with Crippen molar-refractivity contribution in [3.05, 3.63) is 0 Å². The van der Waals surface area contributed by atoms with Gasteiger partial charge in [-0.2, -0.15) is 0 Å². The molecule has 128 valence electrons. The monoisotopic (exact) mass is 315 g/mol. The van der Waals surface area contributed by atoms with Gasteiger partial charge in [-0.05, 0) is 27.7 Å². The third-order valence-corrected chi connectivity index (χ3v) is 3.39. The maximum Gasteiger partial charge on any atom is 0.410 e. The first-order chi connectivity index (χ1) is 10.3. The van der Waals surface area contributed by atoms with Crippen LogP contribution >= 0.6 is 0 Å². The quantitative estimate of drug-likeness (QED) is 0.759. The molecule has 1 unspecified atom stereocenters. The number of hydrogen-bond acceptors (Lipinski definition) is 5. The molecule has 1 heterocycles. The van der Waals surface area contributed by atoms with Gasteiger partial charge < -0.3 is 25.0 Å². The Morgan fingerprint density at radius 1 is 1.27 bits per heavy atom. The average Bonchev–Trinajstić information content (AvgIpc) is 2.44. The van der Waals surface area contributed by atoms with Gasteiger partial charge in [0.1, 0.15) is 5.60 Å². The van der Waals surface area contributed by atoms with Crippen molar-refractivity contribution in [2.75, 3.05) is 39.4 Å². The number of carbonyl (C=O) groups is 2. The van der Waals surface area contributed by atoms with E-state index in [1.54, 1.807) is 9.80 Å². The van der Waals surface area contributed by atoms with Crippen LogP contribution < -0.4 is 5.73 Å². The van der Waals surface area contributed by atoms with E-state index in [0.29, 0.717) is 45.8 Å². The van der Waals surface area contributed by atoms with E-state index >= 15 is 0 Å². The van der Waals surface area contributed by atoms with Crippen molar-refractivity contribution in [2.45, 2.75) is 45.8 Å². The molecule has 1 rings (SSSR count). The molecule has 1 fully saturated rings. The van der Waals surface area contributed by atoms with Crippen LogP contribution in [0.25, 0.3) is 0 Å². The second kappa shape index (κ2) is 8.33. The fraction of sp³-hybridized carbons (Fsp3) is 0.867. The van der Waals surface area contributed by atoms with E-state index in [2.05, 4.69) is 0 Å². The van der Waals surface area contributed by atoms with Crippen LogP contribution in [0.3, 0.4) is 0 Å². The molecule has 1 aliphatic rings. The van der Waals surface area contributed by atoms with Crippen molar-refractivity contribution in [3.63, 3.8) is 0 Å². The SMILES string of the molecule is CCOCCC(=O)N1CCN(C(=O)OC(C)(C)C)CC1CN. The van der Waals surface area contributed by atoms with E-state index in [1.165, 1.54) is 0 Å². The lowest BCUT2D eigenvalue weighted by atomic mass is 10.1. The van der Waals surface area contributed by atoms with Gasteiger partial charge in [0.25, 0.3) is 0 Å². The summed E-state index contributed by atoms with van der Waals surface area (Å²) in [4.78, 5) is 27.7. The maximum atomic E-state index is 12.2. The van der Waals surface area contributed by atoms with E-state index in [1.807, 2.05) is 27.7 Å². The molecule has 7 heteroatoms. The van der Waals surface area contributed by atoms with Crippen LogP contribution in [0, 0.1) is 0 Å². The second-order valence-corrected chi connectivity index (χ2v) is 6.35. The Labute approximate surface area is 132 Å². The van der Waals surface area contributed by atoms with Gasteiger partial charge in [-0.3, -0.25) is 4.79 Å². The van der Waals surface area contributed by atoms with Gasteiger partial charge in [0.05, 0.1) is 19.1 Å². The van der Waals surface area contributed by atoms with Crippen LogP contribution in [0.15, 0.2) is 0 Å². The number of amides is 2. The van der Waals surface area contributed by atoms with Crippen molar-refractivity contribution in [1.29, 1.82) is 0 Å². The molecule has 0 aliphatic carbocycles. The molecule has 2 N–H and O–H groups in total. The van der Waals surface area contributed by atoms with Gasteiger partial charge in [0.2, 0.25) is 5.91 Å². The van der Waals surface area contributed by atoms with E-state index in [9.17, 15) is 9.59 Å². The number of carbonyl (C=O) groups excluding carboxylic acids is 2. The lowest BCUT2D eigenvalue weighted by molar-refractivity contribution is -0.137. The maximum absolute atomic E-state index is 12.2. The Balaban J connectivity index is 2.56. The van der Waals surface area contributed by atoms with E-state index < -0.39 is 5.60 Å². The predicted octanol–water partition coefficient (Wildman–Crippen LogP) is 0.820. The van der Waals surface area contributed by atoms with Gasteiger partial charge in [0.15, 0.2) is 0 Å². The first-order valence-electron chi connectivity index (χ1n) is 7.83. The number of rotatable bonds is 5. The fourth-order valence-corrected chi connectivity index (χ4v) is 2.33. The smallest absolute Gasteiger partial charge is 0.410 e. The highest BCUT2D eigenvalue weighted by molar-refractivity contribution is 5.77. The molecule has 0 bridgehead atoms. The number of nitrogens with two attached hydrogens (primary N) is 1. The molecule has 0 spiro atoms. The first kappa shape index (κ1) is 18.7. The average molecular weight is 315 g/mol. The number of piperazine rings is 1. The molecule has 7 nitrogen and oxygen atoms in total. The normalized spacial score (nSPS) is 19.2. The summed E-state index contributed by atoms with van der Waals surface area (Å²) in [7, 11) is 0. The molecule has 0 aromatic carbocycles. The molecular formula is C15H29N3O4. The fourth-order valence-electron chi connectivity index (χ4n) is 2.33. The summed E-state index contributed by atoms with van der Waals surface area (Å²) in [6.45, 7) is 10.1. The van der Waals surface area contributed by atoms with Crippen LogP contribution in [0.4, 0.5) is 4.79 Å². The van der Waals surface area contributed by atoms with Crippen molar-refractivity contribution in [1.82, 2.24) is 9.80 Å². The molecule has 2 amide bonds. The standard InChI is InChI=1S/C15H29N3O4/c1-5-21-9-6-13(19)18-8-7-17(11-12(18)10-16)14(20)22-15(2,3)4/h12H,5-11,16H2,1-4H3. The summed E-state index contributed by atoms with van der Waals surface area (Å²) in [6.07, 6.45) is -0.0103. The molecule has 22 heavy (non-hydrogen) atoms. The largest absolute Gasteiger partial charge is 0.444 e. The minimum Gasteiger partial charge on any atom is -0.444 e. The molecule has 1 atom stereocenters. The highest BCUT2D eigenvalue weighted by Gasteiger charge is 2.33. The zero-order valence-electron chi connectivity index (χ0n) is 14.1. The lowest BCUT2D eigenvalue weighted by Gasteiger charge is -2.41. The van der Waals surface area contributed by atoms with E-state index in [4.69, 9.17) is 15.2 Å². The Morgan fingerprint density at radius 3 is 2.50 bits per heavy atom. The molecule has 0 aromatic rings. The third kappa shape index (κ3) is 5.81. The van der Waals surface area contributed by atoms with Crippen LogP contribution in [0.1, 0.15) is 34.1 Å². The Kier molecular flexibility index (Phi) is 7.09. The zero-order chi connectivity index (χ0) is 16.8. The Bertz CT molecular complexity index is 381. The Hall–Kier alpha value is -1.34. The summed E-state index contributed by atoms with van der Waals surface area (Å²) in [5, 5.41) is 0. The topological polar surface area (TPSA) is 85.1 Å². The van der Waals surface area contributed by atoms with Crippen molar-refractivity contribution in [2.24, 2.45) is 5.73 Å². The number of hydrogen-bond donors (Lipinski definition) is 1. The van der Waals surface area contributed by atoms with Gasteiger partial charge in [-0.25, -0.2) is 4.79 Å². The predicted molar refractivity (Wildman–Crippen MR) is 83.5 cm³/mol. The minimum absolute atomic E-state index is 0.0211. The van der Waals surface area contributed by atoms with Gasteiger partial charge in [0, 0.05) is 32.8 Å². The first-order valence-corrected chi connectivity index (χ1v) is 7.83. The summed E-state index contributed by atoms with van der Waals surface area (Å²) in [5.74, 6) is 0.0211. The summed E-state index contributed by atoms with van der Waals surface area (Å²) < 4.78 is 10.6. The highest BCUT2D eigenvalue weighted by Crippen LogP contribution is 2.15. The van der Waals surface area contributed by atoms with Gasteiger partial charge in [-0.15, -0.1) is 0 Å². The molecule has 0 saturated carbocycles. The summed E-state index contributed by atoms with van der Waals surface area (Å²) in [6, 6.07) is -0.171. The lowest BCUT2D eigenvalue weighted by Crippen LogP contribution is -2.59. The highest BCUT2D eigenvalue weighted by atomic mass is 16.6. The summed E-state index contributed by atoms with van der Waals surface area (Å²) in [5.41, 5.74) is 5.24. The Morgan fingerprint density at radius 2 is 1.95 bits per heavy atom. The van der Waals surface area contributed by atoms with Crippen molar-refractivity contribution < 1.29 is 19.1 Å². The van der Waals surface area contributed by atoms with Gasteiger partial charge >= 0.3 is 6.09 Å². The third-order valence-electron chi connectivity index (χ3n) is 3.39. The summed E-state index contributed by atoms with van der Waals surface area (Å²) >= 11 is 0. The van der Waals surface area contributed by atoms with Gasteiger partial charge in [-0.1, -0.05) is 0 Å². The molecule has 0 radical (unpaired) electrons. The van der Waals surface area contributed by atoms with Crippen LogP contribution in [0.2, 0.25) is 0 Å². The van der Waals surface area contributed by atoms with Crippen LogP contribution in [-0.2, 0) is 14.3 Å². The molecule has 1 aliphatic heterocycles. The zero-order valence-corrected chi connectivity index (χ0v) is 14.1. The minimum atomic E-state index is -0.528. The number of ether oxygens (including phenoxy) is 2. The van der Waals surface area contributed by atoms with Crippen molar-refractivity contribution >= 4 is 12.0 Å². The molecular weight excluding hydrogens is 286 g/mol. The molecule has 0 aromatic heterocycles. The van der Waals surface area contributed by atoms with Crippen molar-refractivity contribution in [3.8, 4) is 0 Å². The van der Waals surface area contributed by atoms with Crippen LogP contribution in [-0.4, -0.2) is 72.8 Å². The number of nitrogens with zero attached hydrogens (tertiary/aromatic N) is 2.